The fourth-order valence-electron chi connectivity index (χ4n) is 2.67. The average molecular weight is 347 g/mol. The predicted octanol–water partition coefficient (Wildman–Crippen LogP) is 5.03. The Balaban J connectivity index is 1.43. The van der Waals surface area contributed by atoms with Crippen molar-refractivity contribution in [3.05, 3.63) is 77.8 Å². The molecule has 0 radical (unpaired) electrons. The first-order chi connectivity index (χ1) is 12.3. The van der Waals surface area contributed by atoms with Gasteiger partial charge in [-0.05, 0) is 18.6 Å². The average Bonchev–Trinajstić information content (AvgIpc) is 3.11. The van der Waals surface area contributed by atoms with Crippen molar-refractivity contribution >= 4 is 22.7 Å². The quantitative estimate of drug-likeness (QED) is 0.507. The van der Waals surface area contributed by atoms with E-state index in [1.54, 1.807) is 11.8 Å². The highest BCUT2D eigenvalue weighted by molar-refractivity contribution is 7.97. The molecule has 2 heterocycles. The normalized spacial score (nSPS) is 11.1. The molecule has 4 rings (SSSR count). The maximum Gasteiger partial charge on any atom is 0.236 e. The van der Waals surface area contributed by atoms with Crippen LogP contribution in [0.4, 0.5) is 0 Å². The topological polar surface area (TPSA) is 51.8 Å². The molecule has 2 aromatic carbocycles. The number of hydrogen-bond donors (Lipinski definition) is 0. The van der Waals surface area contributed by atoms with E-state index >= 15 is 0 Å². The van der Waals surface area contributed by atoms with Crippen molar-refractivity contribution in [2.75, 3.05) is 0 Å². The Bertz CT molecular complexity index is 990. The maximum absolute atomic E-state index is 5.38. The van der Waals surface area contributed by atoms with Gasteiger partial charge in [-0.1, -0.05) is 59.3 Å². The van der Waals surface area contributed by atoms with Gasteiger partial charge in [0.1, 0.15) is 0 Å². The Morgan fingerprint density at radius 3 is 2.68 bits per heavy atom. The number of hydrogen-bond acceptors (Lipinski definition) is 5. The number of fused-ring (bicyclic) bond motifs is 1. The van der Waals surface area contributed by atoms with Crippen LogP contribution in [-0.4, -0.2) is 15.1 Å². The lowest BCUT2D eigenvalue weighted by atomic mass is 10.1. The SMILES string of the molecule is Cc1ccc(-c2noc(CSCc3cccc4cccnc34)n2)cc1. The molecule has 4 nitrogen and oxygen atoms in total. The van der Waals surface area contributed by atoms with E-state index in [-0.39, 0.29) is 0 Å². The van der Waals surface area contributed by atoms with Crippen LogP contribution in [0, 0.1) is 6.92 Å². The molecule has 5 heteroatoms. The lowest BCUT2D eigenvalue weighted by Crippen LogP contribution is -1.88. The minimum absolute atomic E-state index is 0.641. The molecule has 2 aromatic heterocycles. The second-order valence-electron chi connectivity index (χ2n) is 5.86. The first kappa shape index (κ1) is 15.8. The monoisotopic (exact) mass is 347 g/mol. The predicted molar refractivity (Wildman–Crippen MR) is 101 cm³/mol. The second-order valence-corrected chi connectivity index (χ2v) is 6.85. The summed E-state index contributed by atoms with van der Waals surface area (Å²) in [6.07, 6.45) is 1.84. The van der Waals surface area contributed by atoms with Crippen LogP contribution in [0.1, 0.15) is 17.0 Å². The highest BCUT2D eigenvalue weighted by Gasteiger charge is 2.09. The number of aromatic nitrogens is 3. The summed E-state index contributed by atoms with van der Waals surface area (Å²) in [5.41, 5.74) is 4.47. The van der Waals surface area contributed by atoms with Gasteiger partial charge < -0.3 is 4.52 Å². The Labute approximate surface area is 150 Å². The van der Waals surface area contributed by atoms with Gasteiger partial charge in [-0.3, -0.25) is 4.98 Å². The molecule has 0 aliphatic heterocycles. The standard InChI is InChI=1S/C20H17N3OS/c1-14-7-9-16(10-8-14)20-22-18(24-23-20)13-25-12-17-5-2-4-15-6-3-11-21-19(15)17/h2-11H,12-13H2,1H3. The minimum atomic E-state index is 0.641. The third-order valence-electron chi connectivity index (χ3n) is 3.98. The summed E-state index contributed by atoms with van der Waals surface area (Å²) in [6.45, 7) is 2.06. The van der Waals surface area contributed by atoms with Crippen LogP contribution in [0.25, 0.3) is 22.3 Å². The van der Waals surface area contributed by atoms with Crippen molar-refractivity contribution in [3.63, 3.8) is 0 Å². The zero-order valence-corrected chi connectivity index (χ0v) is 14.7. The van der Waals surface area contributed by atoms with Crippen LogP contribution >= 0.6 is 11.8 Å². The van der Waals surface area contributed by atoms with E-state index in [0.717, 1.165) is 16.8 Å². The molecule has 0 spiro atoms. The van der Waals surface area contributed by atoms with Gasteiger partial charge in [-0.25, -0.2) is 0 Å². The lowest BCUT2D eigenvalue weighted by Gasteiger charge is -2.04. The lowest BCUT2D eigenvalue weighted by molar-refractivity contribution is 0.391. The van der Waals surface area contributed by atoms with E-state index in [4.69, 9.17) is 4.52 Å². The van der Waals surface area contributed by atoms with Gasteiger partial charge >= 0.3 is 0 Å². The number of nitrogens with zero attached hydrogens (tertiary/aromatic N) is 3. The molecule has 124 valence electrons. The first-order valence-electron chi connectivity index (χ1n) is 8.09. The van der Waals surface area contributed by atoms with E-state index < -0.39 is 0 Å². The summed E-state index contributed by atoms with van der Waals surface area (Å²) in [7, 11) is 0. The molecule has 0 saturated heterocycles. The molecule has 0 aliphatic carbocycles. The molecule has 0 fully saturated rings. The van der Waals surface area contributed by atoms with E-state index in [2.05, 4.69) is 46.3 Å². The highest BCUT2D eigenvalue weighted by atomic mass is 32.2. The number of para-hydroxylation sites is 1. The van der Waals surface area contributed by atoms with Crippen molar-refractivity contribution in [1.29, 1.82) is 0 Å². The zero-order chi connectivity index (χ0) is 17.1. The second kappa shape index (κ2) is 7.07. The van der Waals surface area contributed by atoms with Crippen LogP contribution < -0.4 is 0 Å². The molecule has 0 amide bonds. The van der Waals surface area contributed by atoms with Gasteiger partial charge in [0.15, 0.2) is 0 Å². The fourth-order valence-corrected chi connectivity index (χ4v) is 3.51. The van der Waals surface area contributed by atoms with E-state index in [9.17, 15) is 0 Å². The van der Waals surface area contributed by atoms with Gasteiger partial charge in [-0.15, -0.1) is 11.8 Å². The smallest absolute Gasteiger partial charge is 0.236 e. The van der Waals surface area contributed by atoms with E-state index in [1.807, 2.05) is 36.5 Å². The van der Waals surface area contributed by atoms with Gasteiger partial charge in [-0.2, -0.15) is 4.98 Å². The van der Waals surface area contributed by atoms with Crippen LogP contribution in [0.2, 0.25) is 0 Å². The largest absolute Gasteiger partial charge is 0.338 e. The Morgan fingerprint density at radius 1 is 0.960 bits per heavy atom. The molecule has 0 unspecified atom stereocenters. The Hall–Kier alpha value is -2.66. The molecular formula is C20H17N3OS. The minimum Gasteiger partial charge on any atom is -0.338 e. The summed E-state index contributed by atoms with van der Waals surface area (Å²) in [6, 6.07) is 18.4. The van der Waals surface area contributed by atoms with Crippen molar-refractivity contribution in [2.45, 2.75) is 18.4 Å². The van der Waals surface area contributed by atoms with Gasteiger partial charge in [0.2, 0.25) is 11.7 Å². The summed E-state index contributed by atoms with van der Waals surface area (Å²) in [5, 5.41) is 5.25. The van der Waals surface area contributed by atoms with Gasteiger partial charge in [0.05, 0.1) is 11.3 Å². The van der Waals surface area contributed by atoms with Crippen LogP contribution in [0.5, 0.6) is 0 Å². The number of thioether (sulfide) groups is 1. The highest BCUT2D eigenvalue weighted by Crippen LogP contribution is 2.24. The van der Waals surface area contributed by atoms with Crippen molar-refractivity contribution in [1.82, 2.24) is 15.1 Å². The Kier molecular flexibility index (Phi) is 4.48. The van der Waals surface area contributed by atoms with E-state index in [0.29, 0.717) is 17.5 Å². The van der Waals surface area contributed by atoms with Crippen LogP contribution in [-0.2, 0) is 11.5 Å². The summed E-state index contributed by atoms with van der Waals surface area (Å²) in [4.78, 5) is 8.98. The first-order valence-corrected chi connectivity index (χ1v) is 9.25. The summed E-state index contributed by atoms with van der Waals surface area (Å²) in [5.74, 6) is 2.83. The Morgan fingerprint density at radius 2 is 1.80 bits per heavy atom. The maximum atomic E-state index is 5.38. The van der Waals surface area contributed by atoms with E-state index in [1.165, 1.54) is 16.5 Å². The zero-order valence-electron chi connectivity index (χ0n) is 13.8. The summed E-state index contributed by atoms with van der Waals surface area (Å²) < 4.78 is 5.38. The fraction of sp³-hybridized carbons (Fsp3) is 0.150. The van der Waals surface area contributed by atoms with Crippen molar-refractivity contribution in [2.24, 2.45) is 0 Å². The number of rotatable bonds is 5. The third-order valence-corrected chi connectivity index (χ3v) is 4.94. The van der Waals surface area contributed by atoms with Gasteiger partial charge in [0, 0.05) is 22.9 Å². The van der Waals surface area contributed by atoms with Crippen molar-refractivity contribution in [3.8, 4) is 11.4 Å². The molecule has 0 saturated carbocycles. The molecule has 0 aliphatic rings. The molecule has 0 N–H and O–H groups in total. The number of aryl methyl sites for hydroxylation is 1. The molecular weight excluding hydrogens is 330 g/mol. The molecule has 25 heavy (non-hydrogen) atoms. The van der Waals surface area contributed by atoms with Crippen molar-refractivity contribution < 1.29 is 4.52 Å². The number of pyridine rings is 1. The molecule has 0 bridgehead atoms. The third kappa shape index (κ3) is 3.56. The van der Waals surface area contributed by atoms with Crippen LogP contribution in [0.15, 0.2) is 65.3 Å². The molecule has 0 atom stereocenters. The van der Waals surface area contributed by atoms with Crippen LogP contribution in [0.3, 0.4) is 0 Å². The van der Waals surface area contributed by atoms with Gasteiger partial charge in [0.25, 0.3) is 0 Å². The number of benzene rings is 2. The summed E-state index contributed by atoms with van der Waals surface area (Å²) >= 11 is 1.75. The molecule has 4 aromatic rings.